The molecule has 0 radical (unpaired) electrons. The summed E-state index contributed by atoms with van der Waals surface area (Å²) in [6, 6.07) is 11.6. The van der Waals surface area contributed by atoms with Gasteiger partial charge in [0.15, 0.2) is 11.5 Å². The van der Waals surface area contributed by atoms with E-state index in [0.29, 0.717) is 36.3 Å². The van der Waals surface area contributed by atoms with Crippen LogP contribution in [0.2, 0.25) is 0 Å². The lowest BCUT2D eigenvalue weighted by Gasteiger charge is -2.31. The van der Waals surface area contributed by atoms with Crippen molar-refractivity contribution in [2.45, 2.75) is 33.2 Å². The summed E-state index contributed by atoms with van der Waals surface area (Å²) in [5.41, 5.74) is 3.91. The Morgan fingerprint density at radius 2 is 1.97 bits per heavy atom. The lowest BCUT2D eigenvalue weighted by atomic mass is 9.96. The van der Waals surface area contributed by atoms with E-state index in [9.17, 15) is 4.79 Å². The fourth-order valence-electron chi connectivity index (χ4n) is 4.20. The third kappa shape index (κ3) is 5.34. The Bertz CT molecular complexity index is 1130. The van der Waals surface area contributed by atoms with Crippen molar-refractivity contribution in [1.29, 1.82) is 0 Å². The lowest BCUT2D eigenvalue weighted by Crippen LogP contribution is -2.40. The van der Waals surface area contributed by atoms with Gasteiger partial charge in [0.2, 0.25) is 17.6 Å². The highest BCUT2D eigenvalue weighted by Crippen LogP contribution is 2.31. The van der Waals surface area contributed by atoms with E-state index in [4.69, 9.17) is 14.0 Å². The third-order valence-electron chi connectivity index (χ3n) is 5.98. The van der Waals surface area contributed by atoms with Gasteiger partial charge in [-0.1, -0.05) is 22.9 Å². The number of nitrogens with one attached hydrogen (secondary N) is 1. The number of benzene rings is 2. The number of amides is 1. The molecule has 1 fully saturated rings. The number of likely N-dealkylation sites (tertiary alicyclic amines) is 1. The minimum Gasteiger partial charge on any atom is -0.493 e. The van der Waals surface area contributed by atoms with E-state index in [1.165, 1.54) is 5.56 Å². The highest BCUT2D eigenvalue weighted by atomic mass is 16.5. The van der Waals surface area contributed by atoms with Crippen molar-refractivity contribution in [1.82, 2.24) is 15.0 Å². The molecule has 1 aliphatic heterocycles. The van der Waals surface area contributed by atoms with Gasteiger partial charge in [0.1, 0.15) is 0 Å². The summed E-state index contributed by atoms with van der Waals surface area (Å²) in [6.07, 6.45) is 1.82. The summed E-state index contributed by atoms with van der Waals surface area (Å²) in [7, 11) is 3.18. The molecule has 8 heteroatoms. The number of piperidine rings is 1. The van der Waals surface area contributed by atoms with Crippen molar-refractivity contribution in [2.24, 2.45) is 5.92 Å². The Balaban J connectivity index is 1.39. The minimum absolute atomic E-state index is 0.0585. The summed E-state index contributed by atoms with van der Waals surface area (Å²) in [5.74, 6) is 2.25. The fraction of sp³-hybridized carbons (Fsp3) is 0.400. The summed E-state index contributed by atoms with van der Waals surface area (Å²) >= 11 is 0. The molecule has 1 atom stereocenters. The number of ether oxygens (including phenoxy) is 2. The third-order valence-corrected chi connectivity index (χ3v) is 5.98. The van der Waals surface area contributed by atoms with Crippen LogP contribution in [-0.4, -0.2) is 48.3 Å². The van der Waals surface area contributed by atoms with Crippen molar-refractivity contribution >= 4 is 11.6 Å². The highest BCUT2D eigenvalue weighted by Gasteiger charge is 2.27. The normalized spacial score (nSPS) is 16.4. The van der Waals surface area contributed by atoms with Crippen molar-refractivity contribution in [3.63, 3.8) is 0 Å². The summed E-state index contributed by atoms with van der Waals surface area (Å²) in [6.45, 7) is 6.12. The van der Waals surface area contributed by atoms with E-state index in [-0.39, 0.29) is 11.8 Å². The zero-order chi connectivity index (χ0) is 23.4. The molecule has 33 heavy (non-hydrogen) atoms. The van der Waals surface area contributed by atoms with E-state index >= 15 is 0 Å². The van der Waals surface area contributed by atoms with Crippen LogP contribution in [-0.2, 0) is 11.3 Å². The lowest BCUT2D eigenvalue weighted by molar-refractivity contribution is -0.121. The van der Waals surface area contributed by atoms with E-state index in [1.54, 1.807) is 14.2 Å². The molecule has 1 saturated heterocycles. The molecule has 3 aromatic rings. The molecule has 1 aromatic heterocycles. The zero-order valence-corrected chi connectivity index (χ0v) is 19.6. The summed E-state index contributed by atoms with van der Waals surface area (Å²) in [5, 5.41) is 7.22. The first-order chi connectivity index (χ1) is 16.0. The fourth-order valence-corrected chi connectivity index (χ4v) is 4.20. The second kappa shape index (κ2) is 10.0. The zero-order valence-electron chi connectivity index (χ0n) is 19.6. The van der Waals surface area contributed by atoms with Crippen molar-refractivity contribution in [2.75, 3.05) is 32.6 Å². The van der Waals surface area contributed by atoms with Gasteiger partial charge in [-0.15, -0.1) is 0 Å². The van der Waals surface area contributed by atoms with Crippen LogP contribution in [0.5, 0.6) is 11.5 Å². The van der Waals surface area contributed by atoms with Gasteiger partial charge in [0.25, 0.3) is 0 Å². The molecule has 0 aliphatic carbocycles. The van der Waals surface area contributed by atoms with Crippen LogP contribution in [0, 0.1) is 19.8 Å². The molecule has 174 valence electrons. The first kappa shape index (κ1) is 22.8. The van der Waals surface area contributed by atoms with Gasteiger partial charge in [0.05, 0.1) is 26.7 Å². The smallest absolute Gasteiger partial charge is 0.241 e. The van der Waals surface area contributed by atoms with E-state index in [1.807, 2.05) is 44.2 Å². The predicted octanol–water partition coefficient (Wildman–Crippen LogP) is 4.22. The van der Waals surface area contributed by atoms with Crippen LogP contribution >= 0.6 is 0 Å². The average Bonchev–Trinajstić information content (AvgIpc) is 3.29. The van der Waals surface area contributed by atoms with Gasteiger partial charge in [-0.3, -0.25) is 9.69 Å². The van der Waals surface area contributed by atoms with Crippen molar-refractivity contribution in [3.05, 3.63) is 53.4 Å². The molecular weight excluding hydrogens is 420 g/mol. The van der Waals surface area contributed by atoms with Crippen molar-refractivity contribution in [3.8, 4) is 22.9 Å². The van der Waals surface area contributed by atoms with Crippen LogP contribution in [0.25, 0.3) is 11.4 Å². The van der Waals surface area contributed by atoms with Gasteiger partial charge >= 0.3 is 0 Å². The number of carbonyl (C=O) groups is 1. The molecule has 1 unspecified atom stereocenters. The molecule has 8 nitrogen and oxygen atoms in total. The maximum atomic E-state index is 12.9. The molecule has 0 saturated carbocycles. The maximum absolute atomic E-state index is 12.9. The first-order valence-corrected chi connectivity index (χ1v) is 11.1. The molecule has 0 spiro atoms. The van der Waals surface area contributed by atoms with Crippen LogP contribution < -0.4 is 14.8 Å². The molecular formula is C25H30N4O4. The number of carbonyl (C=O) groups excluding carboxylic acids is 1. The molecule has 0 bridgehead atoms. The van der Waals surface area contributed by atoms with E-state index in [2.05, 4.69) is 26.4 Å². The van der Waals surface area contributed by atoms with Gasteiger partial charge in [-0.25, -0.2) is 0 Å². The molecule has 1 amide bonds. The number of methoxy groups -OCH3 is 2. The summed E-state index contributed by atoms with van der Waals surface area (Å²) in [4.78, 5) is 19.6. The SMILES string of the molecule is COc1ccc(-c2noc(CN3CCCC(C(=O)Nc4ccc(C)cc4C)C3)n2)cc1OC. The second-order valence-electron chi connectivity index (χ2n) is 8.46. The Morgan fingerprint density at radius 1 is 1.15 bits per heavy atom. The van der Waals surface area contributed by atoms with Gasteiger partial charge < -0.3 is 19.3 Å². The Hall–Kier alpha value is -3.39. The number of hydrogen-bond acceptors (Lipinski definition) is 7. The van der Waals surface area contributed by atoms with Crippen LogP contribution in [0.15, 0.2) is 40.9 Å². The summed E-state index contributed by atoms with van der Waals surface area (Å²) < 4.78 is 16.1. The topological polar surface area (TPSA) is 89.7 Å². The average molecular weight is 451 g/mol. The van der Waals surface area contributed by atoms with Crippen LogP contribution in [0.3, 0.4) is 0 Å². The Labute approximate surface area is 193 Å². The molecule has 2 aromatic carbocycles. The number of aryl methyl sites for hydroxylation is 2. The number of anilines is 1. The maximum Gasteiger partial charge on any atom is 0.241 e. The monoisotopic (exact) mass is 450 g/mol. The minimum atomic E-state index is -0.0762. The molecule has 2 heterocycles. The molecule has 1 aliphatic rings. The highest BCUT2D eigenvalue weighted by molar-refractivity contribution is 5.93. The predicted molar refractivity (Wildman–Crippen MR) is 125 cm³/mol. The van der Waals surface area contributed by atoms with Gasteiger partial charge in [0, 0.05) is 17.8 Å². The van der Waals surface area contributed by atoms with Crippen molar-refractivity contribution < 1.29 is 18.8 Å². The van der Waals surface area contributed by atoms with E-state index in [0.717, 1.165) is 36.2 Å². The Morgan fingerprint density at radius 3 is 2.73 bits per heavy atom. The largest absolute Gasteiger partial charge is 0.493 e. The molecule has 1 N–H and O–H groups in total. The number of aromatic nitrogens is 2. The Kier molecular flexibility index (Phi) is 6.93. The quantitative estimate of drug-likeness (QED) is 0.576. The van der Waals surface area contributed by atoms with Gasteiger partial charge in [-0.2, -0.15) is 4.98 Å². The first-order valence-electron chi connectivity index (χ1n) is 11.1. The van der Waals surface area contributed by atoms with Gasteiger partial charge in [-0.05, 0) is 63.1 Å². The van der Waals surface area contributed by atoms with Crippen LogP contribution in [0.1, 0.15) is 29.9 Å². The second-order valence-corrected chi connectivity index (χ2v) is 8.46. The van der Waals surface area contributed by atoms with E-state index < -0.39 is 0 Å². The molecule has 4 rings (SSSR count). The number of nitrogens with zero attached hydrogens (tertiary/aromatic N) is 3. The standard InChI is InChI=1S/C25H30N4O4/c1-16-7-9-20(17(2)12-16)26-25(30)19-6-5-11-29(14-19)15-23-27-24(28-33-23)18-8-10-21(31-3)22(13-18)32-4/h7-10,12-13,19H,5-6,11,14-15H2,1-4H3,(H,26,30). The number of hydrogen-bond donors (Lipinski definition) is 1. The van der Waals surface area contributed by atoms with Crippen LogP contribution in [0.4, 0.5) is 5.69 Å². The number of rotatable bonds is 7.